The summed E-state index contributed by atoms with van der Waals surface area (Å²) in [6, 6.07) is 7.72. The van der Waals surface area contributed by atoms with Crippen molar-refractivity contribution in [3.05, 3.63) is 41.2 Å². The number of carbonyl (C=O) groups is 1. The molecule has 5 nitrogen and oxygen atoms in total. The van der Waals surface area contributed by atoms with Gasteiger partial charge < -0.3 is 14.6 Å². The van der Waals surface area contributed by atoms with E-state index in [1.54, 1.807) is 0 Å². The number of halogens is 1. The molecule has 2 bridgehead atoms. The number of amides is 1. The van der Waals surface area contributed by atoms with Crippen molar-refractivity contribution in [3.63, 3.8) is 0 Å². The van der Waals surface area contributed by atoms with Gasteiger partial charge in [0.05, 0.1) is 6.20 Å². The van der Waals surface area contributed by atoms with Gasteiger partial charge in [-0.3, -0.25) is 4.79 Å². The number of nitrogens with one attached hydrogen (secondary N) is 1. The molecule has 0 saturated carbocycles. The SMILES string of the molecule is O=C(N[C@@H]1C[C@H]2CCN(C2)C1)c1ccc(Sc2ncc(Cl)o2)cc1. The van der Waals surface area contributed by atoms with E-state index in [1.165, 1.54) is 37.5 Å². The summed E-state index contributed by atoms with van der Waals surface area (Å²) in [4.78, 5) is 19.9. The molecule has 1 N–H and O–H groups in total. The molecular formula is C17H18ClN3O2S. The molecule has 2 aliphatic rings. The van der Waals surface area contributed by atoms with E-state index in [0.29, 0.717) is 10.8 Å². The first-order valence-corrected chi connectivity index (χ1v) is 9.27. The molecular weight excluding hydrogens is 346 g/mol. The van der Waals surface area contributed by atoms with Gasteiger partial charge in [0.1, 0.15) is 0 Å². The van der Waals surface area contributed by atoms with Crippen molar-refractivity contribution in [1.29, 1.82) is 0 Å². The lowest BCUT2D eigenvalue weighted by Crippen LogP contribution is -2.47. The number of fused-ring (bicyclic) bond motifs is 2. The molecule has 24 heavy (non-hydrogen) atoms. The van der Waals surface area contributed by atoms with E-state index < -0.39 is 0 Å². The molecule has 1 amide bonds. The van der Waals surface area contributed by atoms with E-state index in [1.807, 2.05) is 24.3 Å². The second-order valence-corrected chi connectivity index (χ2v) is 7.77. The smallest absolute Gasteiger partial charge is 0.261 e. The van der Waals surface area contributed by atoms with Gasteiger partial charge >= 0.3 is 0 Å². The third-order valence-corrected chi connectivity index (χ3v) is 5.63. The number of carbonyl (C=O) groups excluding carboxylic acids is 1. The number of piperidine rings is 1. The Labute approximate surface area is 149 Å². The lowest BCUT2D eigenvalue weighted by Gasteiger charge is -2.30. The van der Waals surface area contributed by atoms with E-state index in [-0.39, 0.29) is 17.2 Å². The van der Waals surface area contributed by atoms with Crippen molar-refractivity contribution < 1.29 is 9.21 Å². The summed E-state index contributed by atoms with van der Waals surface area (Å²) < 4.78 is 5.22. The van der Waals surface area contributed by atoms with Crippen molar-refractivity contribution in [2.24, 2.45) is 5.92 Å². The van der Waals surface area contributed by atoms with E-state index in [4.69, 9.17) is 16.0 Å². The first-order valence-electron chi connectivity index (χ1n) is 8.08. The predicted molar refractivity (Wildman–Crippen MR) is 92.5 cm³/mol. The van der Waals surface area contributed by atoms with Gasteiger partial charge in [-0.25, -0.2) is 4.98 Å². The molecule has 0 aliphatic carbocycles. The zero-order chi connectivity index (χ0) is 16.5. The number of aromatic nitrogens is 1. The molecule has 2 aliphatic heterocycles. The van der Waals surface area contributed by atoms with E-state index in [9.17, 15) is 4.79 Å². The van der Waals surface area contributed by atoms with E-state index >= 15 is 0 Å². The third kappa shape index (κ3) is 3.61. The molecule has 3 atom stereocenters. The van der Waals surface area contributed by atoms with Crippen molar-refractivity contribution in [1.82, 2.24) is 15.2 Å². The van der Waals surface area contributed by atoms with Crippen LogP contribution < -0.4 is 5.32 Å². The first-order chi connectivity index (χ1) is 11.7. The van der Waals surface area contributed by atoms with Gasteiger partial charge in [0.25, 0.3) is 11.1 Å². The largest absolute Gasteiger partial charge is 0.419 e. The molecule has 2 aromatic rings. The number of rotatable bonds is 4. The highest BCUT2D eigenvalue weighted by Gasteiger charge is 2.32. The molecule has 2 saturated heterocycles. The van der Waals surface area contributed by atoms with Crippen molar-refractivity contribution in [3.8, 4) is 0 Å². The van der Waals surface area contributed by atoms with Crippen LogP contribution in [0.3, 0.4) is 0 Å². The zero-order valence-electron chi connectivity index (χ0n) is 13.1. The number of oxazole rings is 1. The average Bonchev–Trinajstić information content (AvgIpc) is 3.13. The Morgan fingerprint density at radius 2 is 2.17 bits per heavy atom. The van der Waals surface area contributed by atoms with Gasteiger partial charge in [0.2, 0.25) is 5.22 Å². The van der Waals surface area contributed by atoms with Crippen molar-refractivity contribution in [2.45, 2.75) is 29.0 Å². The Bertz CT molecular complexity index is 722. The topological polar surface area (TPSA) is 58.4 Å². The highest BCUT2D eigenvalue weighted by molar-refractivity contribution is 7.99. The Balaban J connectivity index is 1.36. The second-order valence-electron chi connectivity index (χ2n) is 6.38. The average molecular weight is 364 g/mol. The van der Waals surface area contributed by atoms with Gasteiger partial charge in [-0.05, 0) is 72.9 Å². The maximum Gasteiger partial charge on any atom is 0.261 e. The molecule has 1 unspecified atom stereocenters. The summed E-state index contributed by atoms with van der Waals surface area (Å²) in [5, 5.41) is 3.93. The standard InChI is InChI=1S/C17H18ClN3O2S/c18-15-8-19-17(23-15)24-14-3-1-12(2-4-14)16(22)20-13-7-11-5-6-21(9-11)10-13/h1-4,8,11,13H,5-7,9-10H2,(H,20,22)/t11-,13-/m1/s1. The van der Waals surface area contributed by atoms with Gasteiger partial charge in [-0.15, -0.1) is 0 Å². The van der Waals surface area contributed by atoms with Crippen LogP contribution in [0.5, 0.6) is 0 Å². The number of benzene rings is 1. The van der Waals surface area contributed by atoms with Crippen LogP contribution in [0.25, 0.3) is 0 Å². The monoisotopic (exact) mass is 363 g/mol. The second kappa shape index (κ2) is 6.78. The molecule has 1 aromatic carbocycles. The maximum atomic E-state index is 12.4. The predicted octanol–water partition coefficient (Wildman–Crippen LogP) is 3.30. The van der Waals surface area contributed by atoms with Crippen molar-refractivity contribution >= 4 is 29.3 Å². The van der Waals surface area contributed by atoms with E-state index in [0.717, 1.165) is 23.8 Å². The highest BCUT2D eigenvalue weighted by Crippen LogP contribution is 2.29. The summed E-state index contributed by atoms with van der Waals surface area (Å²) in [7, 11) is 0. The summed E-state index contributed by atoms with van der Waals surface area (Å²) in [6.07, 6.45) is 3.84. The van der Waals surface area contributed by atoms with Crippen molar-refractivity contribution in [2.75, 3.05) is 19.6 Å². The van der Waals surface area contributed by atoms with Crippen LogP contribution in [0.1, 0.15) is 23.2 Å². The zero-order valence-corrected chi connectivity index (χ0v) is 14.6. The minimum Gasteiger partial charge on any atom is -0.419 e. The molecule has 1 aromatic heterocycles. The van der Waals surface area contributed by atoms with Crippen LogP contribution in [-0.2, 0) is 0 Å². The summed E-state index contributed by atoms with van der Waals surface area (Å²) >= 11 is 7.08. The Hall–Kier alpha value is -1.50. The van der Waals surface area contributed by atoms with Gasteiger partial charge in [0, 0.05) is 29.6 Å². The molecule has 3 heterocycles. The minimum atomic E-state index is -0.00165. The fourth-order valence-electron chi connectivity index (χ4n) is 3.49. The Morgan fingerprint density at radius 1 is 1.33 bits per heavy atom. The lowest BCUT2D eigenvalue weighted by atomic mass is 9.96. The summed E-state index contributed by atoms with van der Waals surface area (Å²) in [6.45, 7) is 3.35. The number of hydrogen-bond donors (Lipinski definition) is 1. The van der Waals surface area contributed by atoms with Crippen LogP contribution in [0, 0.1) is 5.92 Å². The maximum absolute atomic E-state index is 12.4. The fourth-order valence-corrected chi connectivity index (χ4v) is 4.37. The minimum absolute atomic E-state index is 0.00165. The van der Waals surface area contributed by atoms with Crippen LogP contribution in [-0.4, -0.2) is 41.5 Å². The quantitative estimate of drug-likeness (QED) is 0.903. The third-order valence-electron chi connectivity index (χ3n) is 4.58. The Morgan fingerprint density at radius 3 is 2.88 bits per heavy atom. The normalized spacial score (nSPS) is 25.6. The Kier molecular flexibility index (Phi) is 4.52. The summed E-state index contributed by atoms with van der Waals surface area (Å²) in [5.74, 6) is 0.744. The van der Waals surface area contributed by atoms with Crippen LogP contribution in [0.15, 0.2) is 45.0 Å². The van der Waals surface area contributed by atoms with Gasteiger partial charge in [-0.1, -0.05) is 0 Å². The molecule has 2 fully saturated rings. The van der Waals surface area contributed by atoms with E-state index in [2.05, 4.69) is 15.2 Å². The summed E-state index contributed by atoms with van der Waals surface area (Å²) in [5.41, 5.74) is 0.678. The van der Waals surface area contributed by atoms with Crippen LogP contribution >= 0.6 is 23.4 Å². The van der Waals surface area contributed by atoms with Crippen LogP contribution in [0.4, 0.5) is 0 Å². The van der Waals surface area contributed by atoms with Gasteiger partial charge in [0.15, 0.2) is 0 Å². The highest BCUT2D eigenvalue weighted by atomic mass is 35.5. The first kappa shape index (κ1) is 16.0. The van der Waals surface area contributed by atoms with Gasteiger partial charge in [-0.2, -0.15) is 0 Å². The number of nitrogens with zero attached hydrogens (tertiary/aromatic N) is 2. The molecule has 126 valence electrons. The van der Waals surface area contributed by atoms with Crippen LogP contribution in [0.2, 0.25) is 5.22 Å². The lowest BCUT2D eigenvalue weighted by molar-refractivity contribution is 0.0909. The molecule has 0 radical (unpaired) electrons. The molecule has 0 spiro atoms. The fraction of sp³-hybridized carbons (Fsp3) is 0.412. The number of hydrogen-bond acceptors (Lipinski definition) is 5. The molecule has 7 heteroatoms. The molecule has 4 rings (SSSR count).